The van der Waals surface area contributed by atoms with E-state index in [4.69, 9.17) is 11.6 Å². The number of pyridine rings is 1. The molecule has 1 aromatic carbocycles. The summed E-state index contributed by atoms with van der Waals surface area (Å²) in [7, 11) is 0. The number of aromatic nitrogens is 1. The third-order valence-corrected chi connectivity index (χ3v) is 3.96. The minimum atomic E-state index is -0.445. The second-order valence-corrected chi connectivity index (χ2v) is 5.51. The Kier molecular flexibility index (Phi) is 3.88. The van der Waals surface area contributed by atoms with E-state index in [0.29, 0.717) is 25.9 Å². The molecule has 2 aromatic rings. The first kappa shape index (κ1) is 14.0. The molecule has 108 valence electrons. The zero-order chi connectivity index (χ0) is 14.8. The molecular weight excluding hydrogens is 291 g/mol. The van der Waals surface area contributed by atoms with Crippen molar-refractivity contribution < 1.29 is 9.18 Å². The van der Waals surface area contributed by atoms with Crippen LogP contribution in [-0.4, -0.2) is 15.8 Å². The average Bonchev–Trinajstić information content (AvgIpc) is 2.92. The van der Waals surface area contributed by atoms with E-state index in [-0.39, 0.29) is 10.9 Å². The molecule has 1 amide bonds. The number of halogens is 2. The molecular formula is C16H14ClFN2O. The van der Waals surface area contributed by atoms with Crippen molar-refractivity contribution in [2.45, 2.75) is 25.9 Å². The van der Waals surface area contributed by atoms with E-state index < -0.39 is 5.82 Å². The summed E-state index contributed by atoms with van der Waals surface area (Å²) in [6.07, 6.45) is 2.60. The fraction of sp³-hybridized carbons (Fsp3) is 0.250. The standard InChI is InChI=1S/C16H14ClFN2O/c17-13-5-3-11(8-14(13)18)4-6-16(21)20-9-12-2-1-7-19-15(12)10-20/h1-3,5,7-8H,4,6,9-10H2. The molecule has 0 spiro atoms. The highest BCUT2D eigenvalue weighted by atomic mass is 35.5. The number of hydrogen-bond acceptors (Lipinski definition) is 2. The molecule has 1 aliphatic heterocycles. The van der Waals surface area contributed by atoms with Crippen LogP contribution in [0.5, 0.6) is 0 Å². The summed E-state index contributed by atoms with van der Waals surface area (Å²) in [6, 6.07) is 8.52. The molecule has 0 saturated heterocycles. The Hall–Kier alpha value is -1.94. The molecule has 0 fully saturated rings. The Bertz CT molecular complexity index is 665. The van der Waals surface area contributed by atoms with Crippen molar-refractivity contribution in [3.63, 3.8) is 0 Å². The van der Waals surface area contributed by atoms with Crippen LogP contribution < -0.4 is 0 Å². The van der Waals surface area contributed by atoms with Crippen molar-refractivity contribution in [3.8, 4) is 0 Å². The highest BCUT2D eigenvalue weighted by Gasteiger charge is 2.23. The smallest absolute Gasteiger partial charge is 0.223 e. The maximum Gasteiger partial charge on any atom is 0.223 e. The third kappa shape index (κ3) is 3.05. The fourth-order valence-electron chi connectivity index (χ4n) is 2.48. The third-order valence-electron chi connectivity index (χ3n) is 3.65. The van der Waals surface area contributed by atoms with Crippen LogP contribution in [-0.2, 0) is 24.3 Å². The molecule has 1 aromatic heterocycles. The van der Waals surface area contributed by atoms with Crippen LogP contribution in [0.3, 0.4) is 0 Å². The molecule has 5 heteroatoms. The van der Waals surface area contributed by atoms with Crippen LogP contribution in [0, 0.1) is 5.82 Å². The van der Waals surface area contributed by atoms with E-state index >= 15 is 0 Å². The molecule has 0 unspecified atom stereocenters. The van der Waals surface area contributed by atoms with Gasteiger partial charge < -0.3 is 4.90 Å². The molecule has 0 N–H and O–H groups in total. The van der Waals surface area contributed by atoms with Gasteiger partial charge in [0.05, 0.1) is 17.3 Å². The van der Waals surface area contributed by atoms with Crippen molar-refractivity contribution in [2.75, 3.05) is 0 Å². The molecule has 0 atom stereocenters. The van der Waals surface area contributed by atoms with Gasteiger partial charge in [-0.1, -0.05) is 23.7 Å². The number of hydrogen-bond donors (Lipinski definition) is 0. The van der Waals surface area contributed by atoms with Gasteiger partial charge in [-0.3, -0.25) is 9.78 Å². The number of benzene rings is 1. The molecule has 3 rings (SSSR count). The first-order valence-corrected chi connectivity index (χ1v) is 7.16. The lowest BCUT2D eigenvalue weighted by molar-refractivity contribution is -0.131. The summed E-state index contributed by atoms with van der Waals surface area (Å²) in [4.78, 5) is 18.3. The van der Waals surface area contributed by atoms with E-state index in [1.165, 1.54) is 12.1 Å². The number of carbonyl (C=O) groups excluding carboxylic acids is 1. The zero-order valence-corrected chi connectivity index (χ0v) is 12.1. The number of carbonyl (C=O) groups is 1. The van der Waals surface area contributed by atoms with Gasteiger partial charge in [-0.25, -0.2) is 4.39 Å². The van der Waals surface area contributed by atoms with E-state index in [1.807, 2.05) is 12.1 Å². The largest absolute Gasteiger partial charge is 0.332 e. The summed E-state index contributed by atoms with van der Waals surface area (Å²) >= 11 is 5.64. The van der Waals surface area contributed by atoms with Gasteiger partial charge in [0.2, 0.25) is 5.91 Å². The quantitative estimate of drug-likeness (QED) is 0.871. The lowest BCUT2D eigenvalue weighted by Crippen LogP contribution is -2.25. The van der Waals surface area contributed by atoms with Crippen LogP contribution in [0.4, 0.5) is 4.39 Å². The Morgan fingerprint density at radius 3 is 2.95 bits per heavy atom. The van der Waals surface area contributed by atoms with Crippen LogP contribution in [0.25, 0.3) is 0 Å². The van der Waals surface area contributed by atoms with Gasteiger partial charge in [-0.05, 0) is 35.7 Å². The Morgan fingerprint density at radius 1 is 1.33 bits per heavy atom. The summed E-state index contributed by atoms with van der Waals surface area (Å²) in [5, 5.41) is 0.103. The van der Waals surface area contributed by atoms with Crippen molar-refractivity contribution in [3.05, 3.63) is 64.2 Å². The number of rotatable bonds is 3. The van der Waals surface area contributed by atoms with Crippen molar-refractivity contribution in [1.82, 2.24) is 9.88 Å². The van der Waals surface area contributed by atoms with Gasteiger partial charge in [0.15, 0.2) is 0 Å². The average molecular weight is 305 g/mol. The first-order valence-electron chi connectivity index (χ1n) is 6.78. The van der Waals surface area contributed by atoms with Gasteiger partial charge in [-0.2, -0.15) is 0 Å². The van der Waals surface area contributed by atoms with Crippen molar-refractivity contribution in [1.29, 1.82) is 0 Å². The van der Waals surface area contributed by atoms with Crippen LogP contribution in [0.1, 0.15) is 23.2 Å². The molecule has 0 aliphatic carbocycles. The van der Waals surface area contributed by atoms with Gasteiger partial charge >= 0.3 is 0 Å². The highest BCUT2D eigenvalue weighted by molar-refractivity contribution is 6.30. The van der Waals surface area contributed by atoms with Crippen LogP contribution in [0.2, 0.25) is 5.02 Å². The van der Waals surface area contributed by atoms with E-state index in [2.05, 4.69) is 4.98 Å². The van der Waals surface area contributed by atoms with Crippen LogP contribution >= 0.6 is 11.6 Å². The minimum absolute atomic E-state index is 0.0587. The molecule has 21 heavy (non-hydrogen) atoms. The van der Waals surface area contributed by atoms with E-state index in [1.54, 1.807) is 17.2 Å². The second-order valence-electron chi connectivity index (χ2n) is 5.11. The second kappa shape index (κ2) is 5.82. The number of nitrogens with zero attached hydrogens (tertiary/aromatic N) is 2. The summed E-state index contributed by atoms with van der Waals surface area (Å²) in [5.74, 6) is -0.386. The Balaban J connectivity index is 1.59. The maximum atomic E-state index is 13.3. The molecule has 2 heterocycles. The summed E-state index contributed by atoms with van der Waals surface area (Å²) in [6.45, 7) is 1.17. The fourth-order valence-corrected chi connectivity index (χ4v) is 2.60. The van der Waals surface area contributed by atoms with Crippen LogP contribution in [0.15, 0.2) is 36.5 Å². The van der Waals surface area contributed by atoms with E-state index in [0.717, 1.165) is 16.8 Å². The Morgan fingerprint density at radius 2 is 2.19 bits per heavy atom. The number of aryl methyl sites for hydroxylation is 1. The zero-order valence-electron chi connectivity index (χ0n) is 11.4. The van der Waals surface area contributed by atoms with Gasteiger partial charge in [0, 0.05) is 19.2 Å². The number of fused-ring (bicyclic) bond motifs is 1. The molecule has 0 radical (unpaired) electrons. The normalized spacial score (nSPS) is 13.3. The Labute approximate surface area is 127 Å². The molecule has 3 nitrogen and oxygen atoms in total. The van der Waals surface area contributed by atoms with E-state index in [9.17, 15) is 9.18 Å². The van der Waals surface area contributed by atoms with Crippen molar-refractivity contribution in [2.24, 2.45) is 0 Å². The van der Waals surface area contributed by atoms with Gasteiger partial charge in [0.25, 0.3) is 0 Å². The van der Waals surface area contributed by atoms with Gasteiger partial charge in [-0.15, -0.1) is 0 Å². The van der Waals surface area contributed by atoms with Gasteiger partial charge in [0.1, 0.15) is 5.82 Å². The SMILES string of the molecule is O=C(CCc1ccc(Cl)c(F)c1)N1Cc2cccnc2C1. The summed E-state index contributed by atoms with van der Waals surface area (Å²) < 4.78 is 13.3. The monoisotopic (exact) mass is 304 g/mol. The molecule has 0 bridgehead atoms. The highest BCUT2D eigenvalue weighted by Crippen LogP contribution is 2.22. The lowest BCUT2D eigenvalue weighted by Gasteiger charge is -2.15. The predicted octanol–water partition coefficient (Wildman–Crippen LogP) is 3.35. The van der Waals surface area contributed by atoms with Crippen molar-refractivity contribution >= 4 is 17.5 Å². The summed E-state index contributed by atoms with van der Waals surface area (Å²) in [5.41, 5.74) is 2.84. The lowest BCUT2D eigenvalue weighted by atomic mass is 10.1. The topological polar surface area (TPSA) is 33.2 Å². The molecule has 0 saturated carbocycles. The number of amides is 1. The first-order chi connectivity index (χ1) is 10.1. The molecule has 1 aliphatic rings. The maximum absolute atomic E-state index is 13.3. The minimum Gasteiger partial charge on any atom is -0.332 e. The predicted molar refractivity (Wildman–Crippen MR) is 78.2 cm³/mol.